The molecule has 1 heterocycles. The Morgan fingerprint density at radius 1 is 1.43 bits per heavy atom. The van der Waals surface area contributed by atoms with Gasteiger partial charge in [-0.1, -0.05) is 12.8 Å². The van der Waals surface area contributed by atoms with Crippen molar-refractivity contribution in [2.45, 2.75) is 52.0 Å². The van der Waals surface area contributed by atoms with E-state index in [1.807, 2.05) is 12.3 Å². The van der Waals surface area contributed by atoms with E-state index in [0.29, 0.717) is 6.54 Å². The summed E-state index contributed by atoms with van der Waals surface area (Å²) in [7, 11) is 0. The van der Waals surface area contributed by atoms with Gasteiger partial charge >= 0.3 is 0 Å². The van der Waals surface area contributed by atoms with Gasteiger partial charge in [0.25, 0.3) is 0 Å². The first kappa shape index (κ1) is 15.9. The summed E-state index contributed by atoms with van der Waals surface area (Å²) in [5, 5.41) is 8.80. The Bertz CT molecular complexity index is 495. The number of amides is 2. The van der Waals surface area contributed by atoms with Gasteiger partial charge in [-0.15, -0.1) is 11.3 Å². The van der Waals surface area contributed by atoms with E-state index in [1.54, 1.807) is 11.3 Å². The lowest BCUT2D eigenvalue weighted by molar-refractivity contribution is -0.129. The zero-order valence-electron chi connectivity index (χ0n) is 12.6. The van der Waals surface area contributed by atoms with Gasteiger partial charge in [-0.25, -0.2) is 4.98 Å². The Hall–Kier alpha value is -1.43. The Morgan fingerprint density at radius 2 is 2.14 bits per heavy atom. The average Bonchev–Trinajstić information content (AvgIpc) is 3.07. The SMILES string of the molecule is CC(=O)N[C@H](C(=O)NCCc1csc(C)n1)C1CCCC1. The maximum atomic E-state index is 12.3. The highest BCUT2D eigenvalue weighted by Gasteiger charge is 2.30. The first-order valence-corrected chi connectivity index (χ1v) is 8.40. The summed E-state index contributed by atoms with van der Waals surface area (Å²) in [4.78, 5) is 28.0. The molecule has 0 radical (unpaired) electrons. The van der Waals surface area contributed by atoms with Gasteiger partial charge in [-0.2, -0.15) is 0 Å². The van der Waals surface area contributed by atoms with Crippen LogP contribution in [0, 0.1) is 12.8 Å². The van der Waals surface area contributed by atoms with E-state index in [2.05, 4.69) is 15.6 Å². The zero-order valence-corrected chi connectivity index (χ0v) is 13.5. The number of nitrogens with one attached hydrogen (secondary N) is 2. The highest BCUT2D eigenvalue weighted by Crippen LogP contribution is 2.27. The largest absolute Gasteiger partial charge is 0.354 e. The minimum atomic E-state index is -0.387. The third-order valence-electron chi connectivity index (χ3n) is 3.86. The second-order valence-electron chi connectivity index (χ2n) is 5.62. The number of rotatable bonds is 6. The number of aromatic nitrogens is 1. The van der Waals surface area contributed by atoms with E-state index in [9.17, 15) is 9.59 Å². The standard InChI is InChI=1S/C15H23N3O2S/c1-10(19)17-14(12-5-3-4-6-12)15(20)16-8-7-13-9-21-11(2)18-13/h9,12,14H,3-8H2,1-2H3,(H,16,20)(H,17,19)/t14-/m0/s1. The van der Waals surface area contributed by atoms with Crippen LogP contribution in [-0.4, -0.2) is 29.4 Å². The molecule has 0 saturated heterocycles. The van der Waals surface area contributed by atoms with E-state index >= 15 is 0 Å². The van der Waals surface area contributed by atoms with E-state index in [-0.39, 0.29) is 23.8 Å². The Kier molecular flexibility index (Phi) is 5.73. The number of carbonyl (C=O) groups is 2. The molecule has 0 bridgehead atoms. The molecule has 1 aliphatic carbocycles. The first-order valence-electron chi connectivity index (χ1n) is 7.52. The molecule has 2 N–H and O–H groups in total. The smallest absolute Gasteiger partial charge is 0.242 e. The number of hydrogen-bond donors (Lipinski definition) is 2. The van der Waals surface area contributed by atoms with Gasteiger partial charge in [0, 0.05) is 25.3 Å². The quantitative estimate of drug-likeness (QED) is 0.842. The molecule has 1 aromatic heterocycles. The molecule has 6 heteroatoms. The van der Waals surface area contributed by atoms with Crippen molar-refractivity contribution in [1.82, 2.24) is 15.6 Å². The third-order valence-corrected chi connectivity index (χ3v) is 4.68. The van der Waals surface area contributed by atoms with Crippen LogP contribution in [0.5, 0.6) is 0 Å². The fraction of sp³-hybridized carbons (Fsp3) is 0.667. The molecular weight excluding hydrogens is 286 g/mol. The van der Waals surface area contributed by atoms with Crippen LogP contribution in [0.2, 0.25) is 0 Å². The fourth-order valence-corrected chi connectivity index (χ4v) is 3.50. The van der Waals surface area contributed by atoms with Crippen LogP contribution in [-0.2, 0) is 16.0 Å². The van der Waals surface area contributed by atoms with Gasteiger partial charge < -0.3 is 10.6 Å². The van der Waals surface area contributed by atoms with Gasteiger partial charge in [0.1, 0.15) is 6.04 Å². The van der Waals surface area contributed by atoms with Gasteiger partial charge in [-0.05, 0) is 25.7 Å². The van der Waals surface area contributed by atoms with Gasteiger partial charge in [-0.3, -0.25) is 9.59 Å². The maximum Gasteiger partial charge on any atom is 0.242 e. The van der Waals surface area contributed by atoms with E-state index < -0.39 is 0 Å². The molecule has 1 fully saturated rings. The van der Waals surface area contributed by atoms with Crippen molar-refractivity contribution in [2.24, 2.45) is 5.92 Å². The summed E-state index contributed by atoms with van der Waals surface area (Å²) in [5.41, 5.74) is 1.01. The molecule has 0 unspecified atom stereocenters. The summed E-state index contributed by atoms with van der Waals surface area (Å²) in [6.45, 7) is 4.00. The third kappa shape index (κ3) is 4.81. The van der Waals surface area contributed by atoms with Crippen molar-refractivity contribution in [1.29, 1.82) is 0 Å². The van der Waals surface area contributed by atoms with Crippen molar-refractivity contribution in [3.05, 3.63) is 16.1 Å². The summed E-state index contributed by atoms with van der Waals surface area (Å²) in [5.74, 6) is 0.0663. The second kappa shape index (κ2) is 7.54. The van der Waals surface area contributed by atoms with Crippen LogP contribution >= 0.6 is 11.3 Å². The molecule has 1 saturated carbocycles. The number of aryl methyl sites for hydroxylation is 1. The average molecular weight is 309 g/mol. The first-order chi connectivity index (χ1) is 10.1. The molecule has 1 atom stereocenters. The predicted molar refractivity (Wildman–Crippen MR) is 83.1 cm³/mol. The number of carbonyl (C=O) groups excluding carboxylic acids is 2. The summed E-state index contributed by atoms with van der Waals surface area (Å²) in [6.07, 6.45) is 5.05. The van der Waals surface area contributed by atoms with Crippen molar-refractivity contribution in [3.63, 3.8) is 0 Å². The van der Waals surface area contributed by atoms with Crippen LogP contribution in [0.3, 0.4) is 0 Å². The fourth-order valence-electron chi connectivity index (χ4n) is 2.85. The highest BCUT2D eigenvalue weighted by atomic mass is 32.1. The van der Waals surface area contributed by atoms with Gasteiger partial charge in [0.2, 0.25) is 11.8 Å². The molecule has 0 aromatic carbocycles. The molecule has 5 nitrogen and oxygen atoms in total. The van der Waals surface area contributed by atoms with Gasteiger partial charge in [0.15, 0.2) is 0 Å². The molecule has 21 heavy (non-hydrogen) atoms. The minimum Gasteiger partial charge on any atom is -0.354 e. The minimum absolute atomic E-state index is 0.0657. The Labute approximate surface area is 129 Å². The van der Waals surface area contributed by atoms with Crippen LogP contribution in [0.15, 0.2) is 5.38 Å². The number of thiazole rings is 1. The summed E-state index contributed by atoms with van der Waals surface area (Å²) < 4.78 is 0. The Morgan fingerprint density at radius 3 is 2.71 bits per heavy atom. The van der Waals surface area contributed by atoms with Crippen LogP contribution in [0.1, 0.15) is 43.3 Å². The lowest BCUT2D eigenvalue weighted by atomic mass is 9.97. The topological polar surface area (TPSA) is 71.1 Å². The van der Waals surface area contributed by atoms with E-state index in [4.69, 9.17) is 0 Å². The zero-order chi connectivity index (χ0) is 15.2. The number of nitrogens with zero attached hydrogens (tertiary/aromatic N) is 1. The van der Waals surface area contributed by atoms with Crippen LogP contribution < -0.4 is 10.6 Å². The lowest BCUT2D eigenvalue weighted by Gasteiger charge is -2.23. The van der Waals surface area contributed by atoms with E-state index in [0.717, 1.165) is 42.8 Å². The van der Waals surface area contributed by atoms with Gasteiger partial charge in [0.05, 0.1) is 10.7 Å². The van der Waals surface area contributed by atoms with E-state index in [1.165, 1.54) is 6.92 Å². The Balaban J connectivity index is 1.84. The molecular formula is C15H23N3O2S. The molecule has 0 aliphatic heterocycles. The number of hydrogen-bond acceptors (Lipinski definition) is 4. The predicted octanol–water partition coefficient (Wildman–Crippen LogP) is 1.81. The molecule has 1 aromatic rings. The van der Waals surface area contributed by atoms with Crippen molar-refractivity contribution >= 4 is 23.2 Å². The highest BCUT2D eigenvalue weighted by molar-refractivity contribution is 7.09. The summed E-state index contributed by atoms with van der Waals surface area (Å²) in [6, 6.07) is -0.387. The molecule has 116 valence electrons. The van der Waals surface area contributed by atoms with Crippen molar-refractivity contribution < 1.29 is 9.59 Å². The van der Waals surface area contributed by atoms with Crippen molar-refractivity contribution in [2.75, 3.05) is 6.54 Å². The molecule has 0 spiro atoms. The maximum absolute atomic E-state index is 12.3. The second-order valence-corrected chi connectivity index (χ2v) is 6.68. The molecule has 2 amide bonds. The molecule has 2 rings (SSSR count). The van der Waals surface area contributed by atoms with Crippen molar-refractivity contribution in [3.8, 4) is 0 Å². The normalized spacial score (nSPS) is 16.7. The van der Waals surface area contributed by atoms with Crippen LogP contribution in [0.4, 0.5) is 0 Å². The summed E-state index contributed by atoms with van der Waals surface area (Å²) >= 11 is 1.62. The molecule has 1 aliphatic rings. The van der Waals surface area contributed by atoms with Crippen LogP contribution in [0.25, 0.3) is 0 Å². The monoisotopic (exact) mass is 309 g/mol. The lowest BCUT2D eigenvalue weighted by Crippen LogP contribution is -2.50.